The van der Waals surface area contributed by atoms with Crippen LogP contribution in [0.2, 0.25) is 0 Å². The van der Waals surface area contributed by atoms with Crippen LogP contribution in [0.5, 0.6) is 0 Å². The first-order chi connectivity index (χ1) is 1.73. The van der Waals surface area contributed by atoms with E-state index in [1.54, 1.807) is 0 Å². The van der Waals surface area contributed by atoms with E-state index in [1.165, 1.54) is 0 Å². The molecule has 0 rings (SSSR count). The van der Waals surface area contributed by atoms with Crippen LogP contribution in [0.15, 0.2) is 0 Å². The molecule has 0 radical (unpaired) electrons. The van der Waals surface area contributed by atoms with Crippen molar-refractivity contribution in [2.45, 2.75) is 6.92 Å². The molecule has 0 amide bonds. The van der Waals surface area contributed by atoms with Crippen LogP contribution >= 0.6 is 0 Å². The van der Waals surface area contributed by atoms with Crippen LogP contribution in [0, 0.1) is 0 Å². The van der Waals surface area contributed by atoms with E-state index < -0.39 is 5.97 Å². The summed E-state index contributed by atoms with van der Waals surface area (Å²) in [5.41, 5.74) is 0. The average molecular weight is 104 g/mol. The fraction of sp³-hybridized carbons (Fsp3) is 0.500. The number of aliphatic carboxylic acids is 1. The highest BCUT2D eigenvalue weighted by molar-refractivity contribution is 5.75. The second-order valence-corrected chi connectivity index (χ2v) is 0.519. The quantitative estimate of drug-likeness (QED) is 0.374. The van der Waals surface area contributed by atoms with Crippen LogP contribution in [0.3, 0.4) is 0 Å². The molecule has 0 atom stereocenters. The Morgan fingerprint density at radius 3 is 1.67 bits per heavy atom. The van der Waals surface area contributed by atoms with E-state index >= 15 is 0 Å². The van der Waals surface area contributed by atoms with E-state index in [0.717, 1.165) is 6.92 Å². The van der Waals surface area contributed by atoms with Gasteiger partial charge >= 0.3 is 23.1 Å². The highest BCUT2D eigenvalue weighted by Crippen LogP contribution is 1.42. The lowest BCUT2D eigenvalue weighted by molar-refractivity contribution is -0.134. The highest BCUT2D eigenvalue weighted by Gasteiger charge is 1.65. The molecule has 0 aliphatic rings. The Bertz CT molecular complexity index is 31.8. The fourth-order valence-corrected chi connectivity index (χ4v) is 0. The highest BCUT2D eigenvalue weighted by atomic mass is 24.3. The van der Waals surface area contributed by atoms with Crippen molar-refractivity contribution in [3.8, 4) is 0 Å². The number of hydrogen-bond acceptors (Lipinski definition) is 1. The zero-order valence-electron chi connectivity index (χ0n) is 2.86. The molecule has 0 aromatic carbocycles. The topological polar surface area (TPSA) is 68.8 Å². The van der Waals surface area contributed by atoms with Crippen LogP contribution in [-0.4, -0.2) is 39.6 Å². The Hall–Kier alpha value is 0.196. The molecule has 0 aromatic rings. The fourth-order valence-electron chi connectivity index (χ4n) is 0. The molecule has 0 saturated heterocycles. The summed E-state index contributed by atoms with van der Waals surface area (Å²) >= 11 is 0. The molecule has 0 bridgehead atoms. The van der Waals surface area contributed by atoms with Gasteiger partial charge in [-0.15, -0.1) is 0 Å². The molecule has 0 unspecified atom stereocenters. The van der Waals surface area contributed by atoms with Gasteiger partial charge in [0.2, 0.25) is 0 Å². The first-order valence-corrected chi connectivity index (χ1v) is 0.928. The predicted molar refractivity (Wildman–Crippen MR) is 25.5 cm³/mol. The lowest BCUT2D eigenvalue weighted by Crippen LogP contribution is -1.78. The van der Waals surface area contributed by atoms with Crippen LogP contribution in [0.25, 0.3) is 0 Å². The Labute approximate surface area is 51.8 Å². The summed E-state index contributed by atoms with van der Waals surface area (Å²) < 4.78 is 0. The van der Waals surface area contributed by atoms with E-state index in [4.69, 9.17) is 9.90 Å². The molecule has 0 saturated carbocycles. The second kappa shape index (κ2) is 8.96. The number of carbonyl (C=O) groups is 1. The number of carboxylic acid groups (broad SMARTS) is 1. The van der Waals surface area contributed by atoms with Gasteiger partial charge in [0.05, 0.1) is 0 Å². The van der Waals surface area contributed by atoms with E-state index in [2.05, 4.69) is 0 Å². The zero-order valence-corrected chi connectivity index (χ0v) is 2.86. The van der Waals surface area contributed by atoms with Gasteiger partial charge in [0.15, 0.2) is 0 Å². The standard InChI is InChI=1S/C2H4O2.Mg.H2O.2H/c1-2(3)4;;;;/h1H3,(H,3,4);;1H2;;. The first-order valence-electron chi connectivity index (χ1n) is 0.928. The Morgan fingerprint density at radius 2 is 1.67 bits per heavy atom. The molecular formula is C2H8MgO3. The lowest BCUT2D eigenvalue weighted by Gasteiger charge is -1.59. The van der Waals surface area contributed by atoms with E-state index in [0.29, 0.717) is 0 Å². The van der Waals surface area contributed by atoms with Gasteiger partial charge in [-0.3, -0.25) is 4.79 Å². The molecule has 3 nitrogen and oxygen atoms in total. The van der Waals surface area contributed by atoms with Gasteiger partial charge in [-0.25, -0.2) is 0 Å². The van der Waals surface area contributed by atoms with Crippen molar-refractivity contribution in [3.63, 3.8) is 0 Å². The maximum atomic E-state index is 9.00. The molecule has 0 aliphatic heterocycles. The van der Waals surface area contributed by atoms with E-state index in [1.807, 2.05) is 0 Å². The summed E-state index contributed by atoms with van der Waals surface area (Å²) in [5, 5.41) is 7.42. The average Bonchev–Trinajstić information content (AvgIpc) is 0.811. The van der Waals surface area contributed by atoms with Gasteiger partial charge in [0, 0.05) is 6.92 Å². The van der Waals surface area contributed by atoms with Gasteiger partial charge < -0.3 is 10.6 Å². The van der Waals surface area contributed by atoms with Gasteiger partial charge in [-0.2, -0.15) is 0 Å². The summed E-state index contributed by atoms with van der Waals surface area (Å²) in [6.07, 6.45) is 0. The first kappa shape index (κ1) is 16.4. The smallest absolute Gasteiger partial charge is 0.316 e. The van der Waals surface area contributed by atoms with E-state index in [9.17, 15) is 0 Å². The van der Waals surface area contributed by atoms with E-state index in [-0.39, 0.29) is 28.5 Å². The second-order valence-electron chi connectivity index (χ2n) is 0.519. The van der Waals surface area contributed by atoms with Crippen molar-refractivity contribution in [1.29, 1.82) is 0 Å². The van der Waals surface area contributed by atoms with Gasteiger partial charge in [-0.1, -0.05) is 0 Å². The maximum absolute atomic E-state index is 9.00. The van der Waals surface area contributed by atoms with Crippen LogP contribution in [0.4, 0.5) is 0 Å². The summed E-state index contributed by atoms with van der Waals surface area (Å²) in [7, 11) is 0. The third kappa shape index (κ3) is 1110. The predicted octanol–water partition coefficient (Wildman–Crippen LogP) is -1.65. The molecule has 36 valence electrons. The van der Waals surface area contributed by atoms with Gasteiger partial charge in [0.1, 0.15) is 0 Å². The van der Waals surface area contributed by atoms with Crippen molar-refractivity contribution < 1.29 is 15.4 Å². The SMILES string of the molecule is CC(=O)O.O.[MgH2]. The van der Waals surface area contributed by atoms with Crippen molar-refractivity contribution >= 4 is 29.0 Å². The lowest BCUT2D eigenvalue weighted by atomic mass is 10.9. The largest absolute Gasteiger partial charge is 0.481 e. The van der Waals surface area contributed by atoms with Crippen LogP contribution in [0.1, 0.15) is 6.92 Å². The van der Waals surface area contributed by atoms with Crippen molar-refractivity contribution in [2.24, 2.45) is 0 Å². The minimum Gasteiger partial charge on any atom is -0.481 e. The molecule has 6 heavy (non-hydrogen) atoms. The number of rotatable bonds is 0. The van der Waals surface area contributed by atoms with Gasteiger partial charge in [0.25, 0.3) is 5.97 Å². The van der Waals surface area contributed by atoms with Crippen molar-refractivity contribution in [2.75, 3.05) is 0 Å². The molecule has 4 heteroatoms. The summed E-state index contributed by atoms with van der Waals surface area (Å²) in [6, 6.07) is 0. The molecule has 0 fully saturated rings. The van der Waals surface area contributed by atoms with Gasteiger partial charge in [-0.05, 0) is 0 Å². The summed E-state index contributed by atoms with van der Waals surface area (Å²) in [5.74, 6) is -0.833. The molecular weight excluding hydrogens is 96.3 g/mol. The monoisotopic (exact) mass is 104 g/mol. The molecule has 0 heterocycles. The number of carboxylic acids is 1. The van der Waals surface area contributed by atoms with Crippen molar-refractivity contribution in [1.82, 2.24) is 0 Å². The molecule has 3 N–H and O–H groups in total. The zero-order chi connectivity index (χ0) is 3.58. The molecule has 0 aromatic heterocycles. The molecule has 0 aliphatic carbocycles. The normalized spacial score (nSPS) is 4.17. The summed E-state index contributed by atoms with van der Waals surface area (Å²) in [4.78, 5) is 9.00. The maximum Gasteiger partial charge on any atom is 0.316 e. The third-order valence-corrected chi connectivity index (χ3v) is 0. The minimum atomic E-state index is -0.833. The summed E-state index contributed by atoms with van der Waals surface area (Å²) in [6.45, 7) is 1.08. The Balaban J connectivity index is -0.0000000450. The Kier molecular flexibility index (Phi) is 24.4. The Morgan fingerprint density at radius 1 is 1.67 bits per heavy atom. The minimum absolute atomic E-state index is 0. The van der Waals surface area contributed by atoms with Crippen LogP contribution < -0.4 is 0 Å². The number of hydrogen-bond donors (Lipinski definition) is 1. The third-order valence-electron chi connectivity index (χ3n) is 0. The van der Waals surface area contributed by atoms with Crippen molar-refractivity contribution in [3.05, 3.63) is 0 Å². The van der Waals surface area contributed by atoms with Crippen LogP contribution in [-0.2, 0) is 4.79 Å². The molecule has 0 spiro atoms.